The molecule has 2 aliphatic heterocycles. The van der Waals surface area contributed by atoms with Crippen LogP contribution in [0.25, 0.3) is 10.8 Å². The van der Waals surface area contributed by atoms with Crippen LogP contribution < -0.4 is 14.9 Å². The molecule has 3 N–H and O–H groups in total. The van der Waals surface area contributed by atoms with E-state index in [0.717, 1.165) is 11.6 Å². The van der Waals surface area contributed by atoms with E-state index in [9.17, 15) is 23.7 Å². The second-order valence-corrected chi connectivity index (χ2v) is 13.1. The number of fused-ring (bicyclic) bond motifs is 1. The fourth-order valence-corrected chi connectivity index (χ4v) is 5.87. The number of carbonyl (C=O) groups is 2. The summed E-state index contributed by atoms with van der Waals surface area (Å²) in [5.41, 5.74) is -0.0412. The zero-order valence-electron chi connectivity index (χ0n) is 24.0. The molecule has 2 aliphatic rings. The summed E-state index contributed by atoms with van der Waals surface area (Å²) in [6.07, 6.45) is -1.39. The van der Waals surface area contributed by atoms with E-state index in [-0.39, 0.29) is 30.0 Å². The predicted molar refractivity (Wildman–Crippen MR) is 153 cm³/mol. The number of carbonyl (C=O) groups excluding carboxylic acids is 2. The highest BCUT2D eigenvalue weighted by Gasteiger charge is 2.42. The van der Waals surface area contributed by atoms with Crippen molar-refractivity contribution in [2.75, 3.05) is 13.2 Å². The fourth-order valence-electron chi connectivity index (χ4n) is 4.35. The van der Waals surface area contributed by atoms with E-state index in [1.807, 2.05) is 39.0 Å². The van der Waals surface area contributed by atoms with Crippen molar-refractivity contribution in [3.05, 3.63) is 66.9 Å². The van der Waals surface area contributed by atoms with Gasteiger partial charge in [0.1, 0.15) is 29.9 Å². The van der Waals surface area contributed by atoms with Crippen LogP contribution in [0.4, 0.5) is 4.39 Å². The highest BCUT2D eigenvalue weighted by molar-refractivity contribution is 7.52. The van der Waals surface area contributed by atoms with Crippen molar-refractivity contribution in [2.24, 2.45) is 5.41 Å². The molecule has 0 bridgehead atoms. The normalized spacial score (nSPS) is 23.2. The quantitative estimate of drug-likeness (QED) is 0.248. The van der Waals surface area contributed by atoms with Crippen LogP contribution in [0.1, 0.15) is 40.5 Å². The van der Waals surface area contributed by atoms with Gasteiger partial charge in [0.25, 0.3) is 5.91 Å². The molecule has 1 saturated heterocycles. The van der Waals surface area contributed by atoms with Crippen molar-refractivity contribution < 1.29 is 42.2 Å². The van der Waals surface area contributed by atoms with Crippen LogP contribution in [0.15, 0.2) is 66.9 Å². The number of hydrogen-bond acceptors (Lipinski definition) is 9. The SMILES string of the molecule is C=C1NC(=O)C(F)=CN1[C@H]1CC(O)[C@@H](COP(=O)(N[C@@H](C)C(=O)OCCC(C)(C)C)Oc2cccc3ccccc23)O1. The van der Waals surface area contributed by atoms with Crippen LogP contribution in [-0.4, -0.2) is 59.6 Å². The molecule has 0 aromatic heterocycles. The van der Waals surface area contributed by atoms with Crippen LogP contribution in [0.2, 0.25) is 0 Å². The average molecular weight is 606 g/mol. The van der Waals surface area contributed by atoms with E-state index >= 15 is 0 Å². The summed E-state index contributed by atoms with van der Waals surface area (Å²) in [6, 6.07) is 11.5. The van der Waals surface area contributed by atoms with Crippen LogP contribution in [0.3, 0.4) is 0 Å². The molecule has 4 rings (SSSR count). The average Bonchev–Trinajstić information content (AvgIpc) is 3.29. The molecule has 2 aromatic rings. The Labute approximate surface area is 244 Å². The van der Waals surface area contributed by atoms with E-state index in [1.165, 1.54) is 11.8 Å². The highest BCUT2D eigenvalue weighted by Crippen LogP contribution is 2.47. The molecular formula is C29H37FN3O8P. The van der Waals surface area contributed by atoms with Gasteiger partial charge in [0.2, 0.25) is 5.83 Å². The molecule has 1 amide bonds. The van der Waals surface area contributed by atoms with Crippen molar-refractivity contribution in [3.63, 3.8) is 0 Å². The molecule has 0 saturated carbocycles. The van der Waals surface area contributed by atoms with Gasteiger partial charge in [0.15, 0.2) is 0 Å². The van der Waals surface area contributed by atoms with Crippen molar-refractivity contribution in [3.8, 4) is 5.75 Å². The molecule has 0 radical (unpaired) electrons. The molecule has 2 heterocycles. The Morgan fingerprint density at radius 2 is 2.00 bits per heavy atom. The van der Waals surface area contributed by atoms with Crippen molar-refractivity contribution in [2.45, 2.75) is 65.0 Å². The van der Waals surface area contributed by atoms with Crippen LogP contribution in [0.5, 0.6) is 5.75 Å². The van der Waals surface area contributed by atoms with Crippen molar-refractivity contribution in [1.82, 2.24) is 15.3 Å². The first-order valence-corrected chi connectivity index (χ1v) is 15.1. The Bertz CT molecular complexity index is 1410. The molecule has 2 unspecified atom stereocenters. The number of nitrogens with zero attached hydrogens (tertiary/aromatic N) is 1. The minimum atomic E-state index is -4.28. The third kappa shape index (κ3) is 7.96. The lowest BCUT2D eigenvalue weighted by molar-refractivity contribution is -0.146. The summed E-state index contributed by atoms with van der Waals surface area (Å²) in [7, 11) is -4.28. The zero-order chi connectivity index (χ0) is 30.7. The Hall–Kier alpha value is -3.28. The number of ether oxygens (including phenoxy) is 2. The summed E-state index contributed by atoms with van der Waals surface area (Å²) < 4.78 is 50.9. The maximum absolute atomic E-state index is 14.1. The second-order valence-electron chi connectivity index (χ2n) is 11.4. The maximum atomic E-state index is 14.1. The number of aliphatic hydroxyl groups excluding tert-OH is 1. The number of hydrogen-bond donors (Lipinski definition) is 3. The Balaban J connectivity index is 1.49. The number of esters is 1. The number of halogens is 1. The van der Waals surface area contributed by atoms with Gasteiger partial charge in [0, 0.05) is 18.0 Å². The Morgan fingerprint density at radius 3 is 2.74 bits per heavy atom. The van der Waals surface area contributed by atoms with Gasteiger partial charge in [-0.05, 0) is 30.2 Å². The molecule has 2 aromatic carbocycles. The minimum absolute atomic E-state index is 0.0190. The maximum Gasteiger partial charge on any atom is 0.459 e. The molecule has 13 heteroatoms. The summed E-state index contributed by atoms with van der Waals surface area (Å²) in [6.45, 7) is 11.0. The summed E-state index contributed by atoms with van der Waals surface area (Å²) in [5.74, 6) is -2.28. The standard InChI is InChI=1S/C29H37FN3O8P/c1-18(28(36)38-14-13-29(3,4)5)32-42(37,41-24-12-8-10-20-9-6-7-11-21(20)24)39-17-25-23(34)15-26(40-25)33-16-22(30)27(35)31-19(33)2/h6-12,16,18,23,25-26,34H,2,13-15,17H2,1,3-5H3,(H,31,35)(H,32,37)/t18-,23?,25+,26+,42?/m0/s1. The Morgan fingerprint density at radius 1 is 1.29 bits per heavy atom. The summed E-state index contributed by atoms with van der Waals surface area (Å²) >= 11 is 0. The van der Waals surface area contributed by atoms with Crippen LogP contribution in [-0.2, 0) is 28.2 Å². The minimum Gasteiger partial charge on any atom is -0.465 e. The van der Waals surface area contributed by atoms with E-state index in [1.54, 1.807) is 24.3 Å². The third-order valence-corrected chi connectivity index (χ3v) is 8.36. The smallest absolute Gasteiger partial charge is 0.459 e. The van der Waals surface area contributed by atoms with Gasteiger partial charge in [-0.25, -0.2) is 4.57 Å². The van der Waals surface area contributed by atoms with E-state index in [4.69, 9.17) is 18.5 Å². The first-order chi connectivity index (χ1) is 19.7. The fraction of sp³-hybridized carbons (Fsp3) is 0.448. The number of rotatable bonds is 11. The van der Waals surface area contributed by atoms with Crippen LogP contribution in [0, 0.1) is 5.41 Å². The second kappa shape index (κ2) is 12.9. The lowest BCUT2D eigenvalue weighted by atomic mass is 9.93. The number of benzene rings is 2. The lowest BCUT2D eigenvalue weighted by Gasteiger charge is -2.31. The molecule has 1 fully saturated rings. The number of amides is 1. The lowest BCUT2D eigenvalue weighted by Crippen LogP contribution is -2.42. The molecular weight excluding hydrogens is 568 g/mol. The third-order valence-electron chi connectivity index (χ3n) is 6.73. The van der Waals surface area contributed by atoms with Gasteiger partial charge in [-0.15, -0.1) is 0 Å². The first kappa shape index (κ1) is 31.7. The molecule has 11 nitrogen and oxygen atoms in total. The number of aliphatic hydroxyl groups is 1. The van der Waals surface area contributed by atoms with Gasteiger partial charge in [0.05, 0.1) is 19.3 Å². The topological polar surface area (TPSA) is 136 Å². The predicted octanol–water partition coefficient (Wildman–Crippen LogP) is 4.49. The largest absolute Gasteiger partial charge is 0.465 e. The highest BCUT2D eigenvalue weighted by atomic mass is 31.2. The van der Waals surface area contributed by atoms with E-state index in [2.05, 4.69) is 17.0 Å². The molecule has 228 valence electrons. The van der Waals surface area contributed by atoms with Crippen molar-refractivity contribution >= 4 is 30.4 Å². The summed E-state index contributed by atoms with van der Waals surface area (Å²) in [4.78, 5) is 25.5. The monoisotopic (exact) mass is 605 g/mol. The van der Waals surface area contributed by atoms with Gasteiger partial charge in [-0.3, -0.25) is 14.1 Å². The van der Waals surface area contributed by atoms with E-state index < -0.39 is 56.5 Å². The number of nitrogens with one attached hydrogen (secondary N) is 2. The van der Waals surface area contributed by atoms with E-state index in [0.29, 0.717) is 11.8 Å². The molecule has 42 heavy (non-hydrogen) atoms. The van der Waals surface area contributed by atoms with Crippen LogP contribution >= 0.6 is 7.75 Å². The molecule has 5 atom stereocenters. The van der Waals surface area contributed by atoms with Gasteiger partial charge in [-0.1, -0.05) is 63.7 Å². The first-order valence-electron chi connectivity index (χ1n) is 13.6. The molecule has 0 aliphatic carbocycles. The van der Waals surface area contributed by atoms with Gasteiger partial charge in [-0.2, -0.15) is 9.48 Å². The summed E-state index contributed by atoms with van der Waals surface area (Å²) in [5, 5.41) is 17.1. The van der Waals surface area contributed by atoms with Crippen molar-refractivity contribution in [1.29, 1.82) is 0 Å². The Kier molecular flexibility index (Phi) is 9.74. The van der Waals surface area contributed by atoms with Gasteiger partial charge < -0.3 is 29.3 Å². The molecule has 0 spiro atoms. The zero-order valence-corrected chi connectivity index (χ0v) is 24.9. The van der Waals surface area contributed by atoms with Gasteiger partial charge >= 0.3 is 13.7 Å².